The summed E-state index contributed by atoms with van der Waals surface area (Å²) in [6.07, 6.45) is 1.33. The maximum Gasteiger partial charge on any atom is 0.330 e. The number of hydrogen-bond donors (Lipinski definition) is 1. The second kappa shape index (κ2) is 8.07. The van der Waals surface area contributed by atoms with E-state index in [9.17, 15) is 24.5 Å². The van der Waals surface area contributed by atoms with E-state index in [0.29, 0.717) is 17.7 Å². The second-order valence-corrected chi connectivity index (χ2v) is 8.21. The number of imide groups is 2. The fourth-order valence-corrected chi connectivity index (χ4v) is 4.80. The first-order chi connectivity index (χ1) is 15.3. The molecule has 1 N–H and O–H groups in total. The first-order valence-electron chi connectivity index (χ1n) is 10.5. The highest BCUT2D eigenvalue weighted by molar-refractivity contribution is 6.20. The summed E-state index contributed by atoms with van der Waals surface area (Å²) in [6.45, 7) is 2.15. The highest BCUT2D eigenvalue weighted by Crippen LogP contribution is 2.51. The van der Waals surface area contributed by atoms with Crippen LogP contribution in [0.15, 0.2) is 48.5 Å². The summed E-state index contributed by atoms with van der Waals surface area (Å²) in [7, 11) is 1.76. The second-order valence-electron chi connectivity index (χ2n) is 8.21. The van der Waals surface area contributed by atoms with Crippen LogP contribution >= 0.6 is 0 Å². The minimum atomic E-state index is -1.64. The smallest absolute Gasteiger partial charge is 0.330 e. The number of benzene rings is 2. The molecule has 4 amide bonds. The van der Waals surface area contributed by atoms with Crippen LogP contribution in [0.3, 0.4) is 0 Å². The molecule has 4 rings (SSSR count). The summed E-state index contributed by atoms with van der Waals surface area (Å²) < 4.78 is 0. The monoisotopic (exact) mass is 436 g/mol. The fraction of sp³-hybridized carbons (Fsp3) is 0.348. The van der Waals surface area contributed by atoms with E-state index in [4.69, 9.17) is 0 Å². The standard InChI is InChI=1S/C23H24N4O5/c1-3-4-12-26-21(29)23(20(28)24-22(26)30)14-16-13-17(27(31)32)10-11-18(16)25(2)19(23)15-8-6-5-7-9-15/h5-11,13,19H,3-4,12,14H2,1-2H3,(H,24,28,30)/t19-,23-/m0/s1. The number of amides is 4. The zero-order chi connectivity index (χ0) is 23.0. The van der Waals surface area contributed by atoms with Gasteiger partial charge < -0.3 is 4.90 Å². The number of nitrogens with one attached hydrogen (secondary N) is 1. The number of non-ortho nitro benzene ring substituents is 1. The lowest BCUT2D eigenvalue weighted by Crippen LogP contribution is -2.69. The summed E-state index contributed by atoms with van der Waals surface area (Å²) >= 11 is 0. The Morgan fingerprint density at radius 1 is 1.16 bits per heavy atom. The zero-order valence-corrected chi connectivity index (χ0v) is 17.9. The molecule has 2 aliphatic heterocycles. The van der Waals surface area contributed by atoms with Gasteiger partial charge in [0.2, 0.25) is 11.8 Å². The quantitative estimate of drug-likeness (QED) is 0.438. The number of carbonyl (C=O) groups is 3. The highest BCUT2D eigenvalue weighted by atomic mass is 16.6. The predicted octanol–water partition coefficient (Wildman–Crippen LogP) is 3.19. The summed E-state index contributed by atoms with van der Waals surface area (Å²) in [5, 5.41) is 13.7. The number of carbonyl (C=O) groups excluding carboxylic acids is 3. The van der Waals surface area contributed by atoms with Gasteiger partial charge >= 0.3 is 6.03 Å². The van der Waals surface area contributed by atoms with Crippen molar-refractivity contribution in [1.29, 1.82) is 0 Å². The third kappa shape index (κ3) is 3.21. The van der Waals surface area contributed by atoms with E-state index >= 15 is 0 Å². The molecule has 0 bridgehead atoms. The number of urea groups is 1. The third-order valence-corrected chi connectivity index (χ3v) is 6.33. The lowest BCUT2D eigenvalue weighted by molar-refractivity contribution is -0.384. The molecule has 1 spiro atoms. The van der Waals surface area contributed by atoms with Gasteiger partial charge in [-0.1, -0.05) is 43.7 Å². The molecule has 0 aromatic heterocycles. The van der Waals surface area contributed by atoms with Crippen LogP contribution in [0.1, 0.15) is 36.9 Å². The zero-order valence-electron chi connectivity index (χ0n) is 17.9. The minimum absolute atomic E-state index is 0.0471. The largest absolute Gasteiger partial charge is 0.366 e. The summed E-state index contributed by atoms with van der Waals surface area (Å²) in [6, 6.07) is 12.2. The van der Waals surface area contributed by atoms with Crippen molar-refractivity contribution in [3.05, 3.63) is 69.8 Å². The number of fused-ring (bicyclic) bond motifs is 1. The van der Waals surface area contributed by atoms with Gasteiger partial charge in [-0.15, -0.1) is 0 Å². The van der Waals surface area contributed by atoms with Crippen molar-refractivity contribution < 1.29 is 19.3 Å². The number of hydrogen-bond acceptors (Lipinski definition) is 6. The Morgan fingerprint density at radius 3 is 2.53 bits per heavy atom. The van der Waals surface area contributed by atoms with Gasteiger partial charge in [-0.25, -0.2) is 4.79 Å². The molecule has 2 aliphatic rings. The lowest BCUT2D eigenvalue weighted by Gasteiger charge is -2.51. The van der Waals surface area contributed by atoms with Crippen molar-refractivity contribution >= 4 is 29.2 Å². The third-order valence-electron chi connectivity index (χ3n) is 6.33. The van der Waals surface area contributed by atoms with E-state index in [0.717, 1.165) is 16.9 Å². The molecule has 2 heterocycles. The Balaban J connectivity index is 1.93. The van der Waals surface area contributed by atoms with Crippen molar-refractivity contribution in [2.24, 2.45) is 5.41 Å². The van der Waals surface area contributed by atoms with Crippen LogP contribution in [0.2, 0.25) is 0 Å². The van der Waals surface area contributed by atoms with Gasteiger partial charge in [0, 0.05) is 37.8 Å². The van der Waals surface area contributed by atoms with E-state index < -0.39 is 34.2 Å². The van der Waals surface area contributed by atoms with Gasteiger partial charge in [-0.3, -0.25) is 29.9 Å². The van der Waals surface area contributed by atoms with E-state index in [-0.39, 0.29) is 18.7 Å². The Bertz CT molecular complexity index is 1100. The molecule has 2 atom stereocenters. The number of nitrogens with zero attached hydrogens (tertiary/aromatic N) is 3. The van der Waals surface area contributed by atoms with Crippen LogP contribution in [0.4, 0.5) is 16.2 Å². The Labute approximate surface area is 185 Å². The maximum atomic E-state index is 13.9. The fourth-order valence-electron chi connectivity index (χ4n) is 4.80. The number of nitro groups is 1. The molecule has 166 valence electrons. The highest BCUT2D eigenvalue weighted by Gasteiger charge is 2.62. The Hall–Kier alpha value is -3.75. The number of anilines is 1. The maximum absolute atomic E-state index is 13.9. The van der Waals surface area contributed by atoms with Crippen molar-refractivity contribution in [2.45, 2.75) is 32.2 Å². The number of barbiturate groups is 1. The molecule has 9 nitrogen and oxygen atoms in total. The summed E-state index contributed by atoms with van der Waals surface area (Å²) in [5.41, 5.74) is 0.204. The van der Waals surface area contributed by atoms with Crippen molar-refractivity contribution in [3.8, 4) is 0 Å². The topological polar surface area (TPSA) is 113 Å². The average molecular weight is 436 g/mol. The molecule has 32 heavy (non-hydrogen) atoms. The van der Waals surface area contributed by atoms with Gasteiger partial charge in [0.15, 0.2) is 5.41 Å². The van der Waals surface area contributed by atoms with Crippen LogP contribution in [0.5, 0.6) is 0 Å². The van der Waals surface area contributed by atoms with E-state index in [2.05, 4.69) is 5.32 Å². The lowest BCUT2D eigenvalue weighted by atomic mass is 9.66. The van der Waals surface area contributed by atoms with Crippen LogP contribution < -0.4 is 10.2 Å². The average Bonchev–Trinajstić information content (AvgIpc) is 2.78. The minimum Gasteiger partial charge on any atom is -0.366 e. The number of unbranched alkanes of at least 4 members (excludes halogenated alkanes) is 1. The van der Waals surface area contributed by atoms with Crippen LogP contribution in [-0.2, 0) is 16.0 Å². The molecular weight excluding hydrogens is 412 g/mol. The molecule has 0 radical (unpaired) electrons. The molecule has 0 aliphatic carbocycles. The van der Waals surface area contributed by atoms with Crippen molar-refractivity contribution in [2.75, 3.05) is 18.5 Å². The number of rotatable bonds is 5. The first kappa shape index (κ1) is 21.5. The molecule has 2 aromatic rings. The van der Waals surface area contributed by atoms with Gasteiger partial charge in [-0.2, -0.15) is 0 Å². The van der Waals surface area contributed by atoms with E-state index in [1.165, 1.54) is 12.1 Å². The summed E-state index contributed by atoms with van der Waals surface area (Å²) in [4.78, 5) is 53.6. The normalized spacial score (nSPS) is 22.7. The molecular formula is C23H24N4O5. The first-order valence-corrected chi connectivity index (χ1v) is 10.5. The van der Waals surface area contributed by atoms with E-state index in [1.807, 2.05) is 42.2 Å². The molecule has 9 heteroatoms. The Morgan fingerprint density at radius 2 is 1.88 bits per heavy atom. The molecule has 1 saturated heterocycles. The molecule has 0 unspecified atom stereocenters. The SMILES string of the molecule is CCCCN1C(=O)NC(=O)[C@@]2(Cc3cc([N+](=O)[O-])ccc3N(C)[C@H]2c2ccccc2)C1=O. The van der Waals surface area contributed by atoms with Gasteiger partial charge in [-0.05, 0) is 23.6 Å². The van der Waals surface area contributed by atoms with Crippen molar-refractivity contribution in [1.82, 2.24) is 10.2 Å². The van der Waals surface area contributed by atoms with Crippen LogP contribution in [0.25, 0.3) is 0 Å². The molecule has 1 fully saturated rings. The van der Waals surface area contributed by atoms with Crippen LogP contribution in [0, 0.1) is 15.5 Å². The van der Waals surface area contributed by atoms with Crippen LogP contribution in [-0.4, -0.2) is 41.3 Å². The van der Waals surface area contributed by atoms with Gasteiger partial charge in [0.25, 0.3) is 5.69 Å². The molecule has 0 saturated carbocycles. The van der Waals surface area contributed by atoms with E-state index in [1.54, 1.807) is 13.1 Å². The Kier molecular flexibility index (Phi) is 5.41. The van der Waals surface area contributed by atoms with Crippen molar-refractivity contribution in [3.63, 3.8) is 0 Å². The molecule has 2 aromatic carbocycles. The van der Waals surface area contributed by atoms with Gasteiger partial charge in [0.05, 0.1) is 11.0 Å². The van der Waals surface area contributed by atoms with Gasteiger partial charge in [0.1, 0.15) is 0 Å². The summed E-state index contributed by atoms with van der Waals surface area (Å²) in [5.74, 6) is -1.25. The number of nitro benzene ring substituents is 1. The predicted molar refractivity (Wildman–Crippen MR) is 117 cm³/mol.